The fraction of sp³-hybridized carbons (Fsp3) is 0.769. The van der Waals surface area contributed by atoms with Crippen LogP contribution in [0.1, 0.15) is 26.7 Å². The van der Waals surface area contributed by atoms with E-state index in [-0.39, 0.29) is 5.97 Å². The highest BCUT2D eigenvalue weighted by Crippen LogP contribution is 2.23. The topological polar surface area (TPSA) is 48.1 Å². The Kier molecular flexibility index (Phi) is 6.22. The zero-order valence-electron chi connectivity index (χ0n) is 10.7. The van der Waals surface area contributed by atoms with E-state index in [9.17, 15) is 4.79 Å². The van der Waals surface area contributed by atoms with Crippen LogP contribution in [0.5, 0.6) is 0 Å². The Morgan fingerprint density at radius 2 is 2.24 bits per heavy atom. The van der Waals surface area contributed by atoms with Crippen molar-refractivity contribution in [2.24, 2.45) is 5.92 Å². The largest absolute Gasteiger partial charge is 0.462 e. The second-order valence-corrected chi connectivity index (χ2v) is 4.38. The molecule has 0 aromatic heterocycles. The predicted molar refractivity (Wildman–Crippen MR) is 64.7 cm³/mol. The second kappa shape index (κ2) is 7.45. The van der Waals surface area contributed by atoms with Crippen molar-refractivity contribution in [1.82, 2.24) is 0 Å². The van der Waals surface area contributed by atoms with E-state index in [1.54, 1.807) is 6.92 Å². The molecular formula is C13H22O4. The van der Waals surface area contributed by atoms with E-state index in [1.807, 2.05) is 0 Å². The molecule has 0 spiro atoms. The molecule has 1 heterocycles. The lowest BCUT2D eigenvalue weighted by atomic mass is 10.0. The number of hydrogen-bond acceptors (Lipinski definition) is 4. The van der Waals surface area contributed by atoms with Crippen LogP contribution in [0.2, 0.25) is 0 Å². The molecule has 0 saturated carbocycles. The van der Waals surface area contributed by atoms with Gasteiger partial charge in [0, 0.05) is 24.5 Å². The molecule has 1 saturated heterocycles. The van der Waals surface area contributed by atoms with E-state index in [2.05, 4.69) is 13.5 Å². The Morgan fingerprint density at radius 3 is 2.76 bits per heavy atom. The highest BCUT2D eigenvalue weighted by atomic mass is 16.6. The Hall–Kier alpha value is -0.870. The molecule has 4 nitrogen and oxygen atoms in total. The molecular weight excluding hydrogens is 220 g/mol. The van der Waals surface area contributed by atoms with Crippen LogP contribution in [0.4, 0.5) is 0 Å². The number of ether oxygens (including phenoxy) is 3. The molecule has 1 aliphatic heterocycles. The fourth-order valence-electron chi connectivity index (χ4n) is 1.50. The van der Waals surface area contributed by atoms with Gasteiger partial charge in [0.1, 0.15) is 0 Å². The smallest absolute Gasteiger partial charge is 0.333 e. The van der Waals surface area contributed by atoms with Gasteiger partial charge in [-0.15, -0.1) is 0 Å². The van der Waals surface area contributed by atoms with Crippen LogP contribution in [0.25, 0.3) is 0 Å². The number of epoxide rings is 1. The first-order chi connectivity index (χ1) is 8.15. The van der Waals surface area contributed by atoms with Crippen LogP contribution in [0.15, 0.2) is 12.2 Å². The molecule has 0 N–H and O–H groups in total. The van der Waals surface area contributed by atoms with Gasteiger partial charge in [0.2, 0.25) is 0 Å². The molecule has 2 unspecified atom stereocenters. The molecule has 0 radical (unpaired) electrons. The number of hydrogen-bond donors (Lipinski definition) is 0. The van der Waals surface area contributed by atoms with Gasteiger partial charge in [0.05, 0.1) is 25.9 Å². The van der Waals surface area contributed by atoms with Gasteiger partial charge in [-0.25, -0.2) is 4.79 Å². The summed E-state index contributed by atoms with van der Waals surface area (Å²) in [6.45, 7) is 9.91. The molecule has 0 amide bonds. The SMILES string of the molecule is C=C(C)C(=O)OCCCOCC(CC)C1CO1. The molecule has 1 fully saturated rings. The van der Waals surface area contributed by atoms with Crippen LogP contribution in [0, 0.1) is 5.92 Å². The Labute approximate surface area is 103 Å². The van der Waals surface area contributed by atoms with Crippen molar-refractivity contribution in [3.05, 3.63) is 12.2 Å². The molecule has 0 bridgehead atoms. The summed E-state index contributed by atoms with van der Waals surface area (Å²) >= 11 is 0. The first-order valence-electron chi connectivity index (χ1n) is 6.17. The second-order valence-electron chi connectivity index (χ2n) is 4.38. The van der Waals surface area contributed by atoms with Gasteiger partial charge in [0.25, 0.3) is 0 Å². The van der Waals surface area contributed by atoms with E-state index in [1.165, 1.54) is 0 Å². The van der Waals surface area contributed by atoms with Crippen LogP contribution in [0.3, 0.4) is 0 Å². The molecule has 98 valence electrons. The van der Waals surface area contributed by atoms with Crippen molar-refractivity contribution in [3.63, 3.8) is 0 Å². The van der Waals surface area contributed by atoms with Crippen molar-refractivity contribution in [2.75, 3.05) is 26.4 Å². The van der Waals surface area contributed by atoms with Crippen LogP contribution in [-0.4, -0.2) is 38.5 Å². The maximum atomic E-state index is 11.0. The lowest BCUT2D eigenvalue weighted by Gasteiger charge is -2.12. The molecule has 17 heavy (non-hydrogen) atoms. The first-order valence-corrected chi connectivity index (χ1v) is 6.17. The summed E-state index contributed by atoms with van der Waals surface area (Å²) in [6.07, 6.45) is 2.21. The standard InChI is InChI=1S/C13H22O4/c1-4-11(12-9-17-12)8-15-6-5-7-16-13(14)10(2)3/h11-12H,2,4-9H2,1,3H3. The third kappa shape index (κ3) is 5.84. The van der Waals surface area contributed by atoms with Crippen molar-refractivity contribution < 1.29 is 19.0 Å². The van der Waals surface area contributed by atoms with Gasteiger partial charge in [0.15, 0.2) is 0 Å². The number of carbonyl (C=O) groups excluding carboxylic acids is 1. The summed E-state index contributed by atoms with van der Waals surface area (Å²) in [5.74, 6) is 0.177. The molecule has 1 rings (SSSR count). The summed E-state index contributed by atoms with van der Waals surface area (Å²) in [4.78, 5) is 11.0. The lowest BCUT2D eigenvalue weighted by Crippen LogP contribution is -2.16. The predicted octanol–water partition coefficient (Wildman–Crippen LogP) is 1.94. The van der Waals surface area contributed by atoms with E-state index in [0.717, 1.165) is 26.1 Å². The third-order valence-corrected chi connectivity index (χ3v) is 2.76. The van der Waals surface area contributed by atoms with E-state index in [4.69, 9.17) is 14.2 Å². The summed E-state index contributed by atoms with van der Waals surface area (Å²) in [5.41, 5.74) is 0.433. The number of esters is 1. The van der Waals surface area contributed by atoms with Crippen LogP contribution >= 0.6 is 0 Å². The highest BCUT2D eigenvalue weighted by Gasteiger charge is 2.31. The summed E-state index contributed by atoms with van der Waals surface area (Å²) in [5, 5.41) is 0. The van der Waals surface area contributed by atoms with Crippen molar-refractivity contribution in [1.29, 1.82) is 0 Å². The van der Waals surface area contributed by atoms with Gasteiger partial charge in [-0.3, -0.25) is 0 Å². The lowest BCUT2D eigenvalue weighted by molar-refractivity contribution is -0.139. The van der Waals surface area contributed by atoms with Gasteiger partial charge in [-0.1, -0.05) is 13.5 Å². The summed E-state index contributed by atoms with van der Waals surface area (Å²) in [7, 11) is 0. The molecule has 4 heteroatoms. The van der Waals surface area contributed by atoms with E-state index >= 15 is 0 Å². The average molecular weight is 242 g/mol. The first kappa shape index (κ1) is 14.2. The summed E-state index contributed by atoms with van der Waals surface area (Å²) in [6, 6.07) is 0. The fourth-order valence-corrected chi connectivity index (χ4v) is 1.50. The molecule has 1 aliphatic rings. The van der Waals surface area contributed by atoms with Crippen molar-refractivity contribution >= 4 is 5.97 Å². The molecule has 0 aromatic rings. The average Bonchev–Trinajstić information content (AvgIpc) is 3.11. The molecule has 2 atom stereocenters. The van der Waals surface area contributed by atoms with Gasteiger partial charge in [-0.05, 0) is 13.3 Å². The third-order valence-electron chi connectivity index (χ3n) is 2.76. The van der Waals surface area contributed by atoms with E-state index < -0.39 is 0 Å². The minimum atomic E-state index is -0.331. The highest BCUT2D eigenvalue weighted by molar-refractivity contribution is 5.86. The number of rotatable bonds is 9. The normalized spacial score (nSPS) is 19.8. The minimum absolute atomic E-state index is 0.331. The minimum Gasteiger partial charge on any atom is -0.462 e. The Balaban J connectivity index is 1.93. The van der Waals surface area contributed by atoms with Gasteiger partial charge >= 0.3 is 5.97 Å². The Bertz CT molecular complexity index is 258. The van der Waals surface area contributed by atoms with Crippen molar-refractivity contribution in [2.45, 2.75) is 32.8 Å². The quantitative estimate of drug-likeness (QED) is 0.268. The van der Waals surface area contributed by atoms with Gasteiger partial charge < -0.3 is 14.2 Å². The number of carbonyl (C=O) groups is 1. The summed E-state index contributed by atoms with van der Waals surface area (Å²) < 4.78 is 15.7. The van der Waals surface area contributed by atoms with Crippen LogP contribution < -0.4 is 0 Å². The molecule has 0 aliphatic carbocycles. The zero-order chi connectivity index (χ0) is 12.7. The van der Waals surface area contributed by atoms with Crippen molar-refractivity contribution in [3.8, 4) is 0 Å². The van der Waals surface area contributed by atoms with E-state index in [0.29, 0.717) is 30.8 Å². The Morgan fingerprint density at radius 1 is 1.53 bits per heavy atom. The molecule has 0 aromatic carbocycles. The maximum Gasteiger partial charge on any atom is 0.333 e. The zero-order valence-corrected chi connectivity index (χ0v) is 10.7. The van der Waals surface area contributed by atoms with Crippen LogP contribution in [-0.2, 0) is 19.0 Å². The monoisotopic (exact) mass is 242 g/mol. The van der Waals surface area contributed by atoms with Gasteiger partial charge in [-0.2, -0.15) is 0 Å². The maximum absolute atomic E-state index is 11.0.